The molecule has 0 saturated carbocycles. The van der Waals surface area contributed by atoms with E-state index in [4.69, 9.17) is 5.11 Å². The number of rotatable bonds is 4. The SMILES string of the molecule is CCC(NC(=O)c1ncsc1C(F)(F)F)C(=O)O. The maximum Gasteiger partial charge on any atom is 0.427 e. The number of aromatic nitrogens is 1. The molecule has 1 rings (SSSR count). The average Bonchev–Trinajstić information content (AvgIpc) is 2.73. The molecule has 0 radical (unpaired) electrons. The number of nitrogens with one attached hydrogen (secondary N) is 1. The first-order valence-electron chi connectivity index (χ1n) is 4.81. The molecule has 5 nitrogen and oxygen atoms in total. The predicted octanol–water partition coefficient (Wildman–Crippen LogP) is 1.75. The fourth-order valence-electron chi connectivity index (χ4n) is 1.17. The summed E-state index contributed by atoms with van der Waals surface area (Å²) < 4.78 is 37.5. The van der Waals surface area contributed by atoms with Gasteiger partial charge in [0.2, 0.25) is 0 Å². The molecule has 0 aliphatic heterocycles. The van der Waals surface area contributed by atoms with Crippen LogP contribution in [0.15, 0.2) is 5.51 Å². The van der Waals surface area contributed by atoms with E-state index in [1.807, 2.05) is 5.32 Å². The van der Waals surface area contributed by atoms with Gasteiger partial charge in [0.05, 0.1) is 5.51 Å². The molecule has 0 bridgehead atoms. The lowest BCUT2D eigenvalue weighted by molar-refractivity contribution is -0.139. The molecule has 1 aromatic rings. The monoisotopic (exact) mass is 282 g/mol. The first-order chi connectivity index (χ1) is 8.27. The summed E-state index contributed by atoms with van der Waals surface area (Å²) in [4.78, 5) is 24.4. The van der Waals surface area contributed by atoms with Crippen LogP contribution >= 0.6 is 11.3 Å². The second kappa shape index (κ2) is 5.34. The van der Waals surface area contributed by atoms with E-state index in [0.29, 0.717) is 0 Å². The molecule has 1 unspecified atom stereocenters. The van der Waals surface area contributed by atoms with Crippen molar-refractivity contribution in [3.63, 3.8) is 0 Å². The lowest BCUT2D eigenvalue weighted by atomic mass is 10.2. The third-order valence-electron chi connectivity index (χ3n) is 2.05. The highest BCUT2D eigenvalue weighted by Crippen LogP contribution is 2.34. The van der Waals surface area contributed by atoms with Crippen LogP contribution in [0.4, 0.5) is 13.2 Å². The average molecular weight is 282 g/mol. The van der Waals surface area contributed by atoms with Crippen LogP contribution < -0.4 is 5.32 Å². The summed E-state index contributed by atoms with van der Waals surface area (Å²) >= 11 is 0.284. The molecule has 2 N–H and O–H groups in total. The van der Waals surface area contributed by atoms with Crippen molar-refractivity contribution in [1.29, 1.82) is 0 Å². The van der Waals surface area contributed by atoms with Gasteiger partial charge in [-0.25, -0.2) is 9.78 Å². The van der Waals surface area contributed by atoms with E-state index in [1.165, 1.54) is 6.92 Å². The number of hydrogen-bond acceptors (Lipinski definition) is 4. The molecule has 0 fully saturated rings. The van der Waals surface area contributed by atoms with Crippen LogP contribution in [0.25, 0.3) is 0 Å². The van der Waals surface area contributed by atoms with Crippen LogP contribution in [-0.2, 0) is 11.0 Å². The minimum Gasteiger partial charge on any atom is -0.480 e. The Morgan fingerprint density at radius 3 is 2.61 bits per heavy atom. The zero-order chi connectivity index (χ0) is 13.9. The molecule has 0 aliphatic rings. The van der Waals surface area contributed by atoms with Gasteiger partial charge in [0.15, 0.2) is 5.69 Å². The fraction of sp³-hybridized carbons (Fsp3) is 0.444. The standard InChI is InChI=1S/C9H9F3N2O3S/c1-2-4(8(16)17)14-7(15)5-6(9(10,11)12)18-3-13-5/h3-4H,2H2,1H3,(H,14,15)(H,16,17). The number of carbonyl (C=O) groups is 2. The Bertz CT molecular complexity index is 458. The molecule has 18 heavy (non-hydrogen) atoms. The number of thiazole rings is 1. The smallest absolute Gasteiger partial charge is 0.427 e. The number of nitrogens with zero attached hydrogens (tertiary/aromatic N) is 1. The molecular formula is C9H9F3N2O3S. The highest BCUT2D eigenvalue weighted by molar-refractivity contribution is 7.10. The molecule has 1 atom stereocenters. The van der Waals surface area contributed by atoms with Crippen molar-refractivity contribution in [2.75, 3.05) is 0 Å². The highest BCUT2D eigenvalue weighted by atomic mass is 32.1. The van der Waals surface area contributed by atoms with Gasteiger partial charge in [0.25, 0.3) is 5.91 Å². The number of hydrogen-bond donors (Lipinski definition) is 2. The lowest BCUT2D eigenvalue weighted by Crippen LogP contribution is -2.40. The van der Waals surface area contributed by atoms with Crippen LogP contribution in [0.1, 0.15) is 28.7 Å². The van der Waals surface area contributed by atoms with Gasteiger partial charge < -0.3 is 10.4 Å². The van der Waals surface area contributed by atoms with Crippen molar-refractivity contribution in [3.05, 3.63) is 16.1 Å². The Labute approximate surface area is 104 Å². The summed E-state index contributed by atoms with van der Waals surface area (Å²) in [6.45, 7) is 1.49. The normalized spacial score (nSPS) is 13.1. The van der Waals surface area contributed by atoms with E-state index in [2.05, 4.69) is 4.98 Å². The minimum absolute atomic E-state index is 0.0621. The highest BCUT2D eigenvalue weighted by Gasteiger charge is 2.38. The number of carboxylic acids is 1. The zero-order valence-electron chi connectivity index (χ0n) is 9.11. The summed E-state index contributed by atoms with van der Waals surface area (Å²) in [7, 11) is 0. The van der Waals surface area contributed by atoms with Gasteiger partial charge in [-0.1, -0.05) is 6.92 Å². The maximum atomic E-state index is 12.5. The Morgan fingerprint density at radius 1 is 1.56 bits per heavy atom. The second-order valence-corrected chi connectivity index (χ2v) is 4.16. The Morgan fingerprint density at radius 2 is 2.17 bits per heavy atom. The molecule has 1 amide bonds. The van der Waals surface area contributed by atoms with E-state index in [-0.39, 0.29) is 17.8 Å². The van der Waals surface area contributed by atoms with E-state index >= 15 is 0 Å². The molecule has 0 saturated heterocycles. The van der Waals surface area contributed by atoms with Crippen molar-refractivity contribution in [2.24, 2.45) is 0 Å². The van der Waals surface area contributed by atoms with Crippen LogP contribution in [-0.4, -0.2) is 28.0 Å². The number of alkyl halides is 3. The van der Waals surface area contributed by atoms with Crippen LogP contribution in [0, 0.1) is 0 Å². The lowest BCUT2D eigenvalue weighted by Gasteiger charge is -2.12. The van der Waals surface area contributed by atoms with E-state index in [1.54, 1.807) is 0 Å². The first-order valence-corrected chi connectivity index (χ1v) is 5.69. The molecule has 100 valence electrons. The van der Waals surface area contributed by atoms with Crippen LogP contribution in [0.3, 0.4) is 0 Å². The number of amides is 1. The number of halogens is 3. The topological polar surface area (TPSA) is 79.3 Å². The summed E-state index contributed by atoms with van der Waals surface area (Å²) in [5, 5.41) is 10.7. The second-order valence-electron chi connectivity index (χ2n) is 3.30. The van der Waals surface area contributed by atoms with Gasteiger partial charge in [-0.05, 0) is 6.42 Å². The van der Waals surface area contributed by atoms with Crippen LogP contribution in [0.5, 0.6) is 0 Å². The molecule has 0 aromatic carbocycles. The number of aliphatic carboxylic acids is 1. The summed E-state index contributed by atoms with van der Waals surface area (Å²) in [5.41, 5.74) is 0.0895. The van der Waals surface area contributed by atoms with Crippen molar-refractivity contribution in [3.8, 4) is 0 Å². The van der Waals surface area contributed by atoms with Crippen molar-refractivity contribution in [1.82, 2.24) is 10.3 Å². The van der Waals surface area contributed by atoms with E-state index in [9.17, 15) is 22.8 Å². The van der Waals surface area contributed by atoms with Gasteiger partial charge in [-0.3, -0.25) is 4.79 Å². The Hall–Kier alpha value is -1.64. The van der Waals surface area contributed by atoms with E-state index in [0.717, 1.165) is 5.51 Å². The fourth-order valence-corrected chi connectivity index (χ4v) is 1.83. The quantitative estimate of drug-likeness (QED) is 0.881. The maximum absolute atomic E-state index is 12.5. The molecule has 9 heteroatoms. The molecule has 0 aliphatic carbocycles. The van der Waals surface area contributed by atoms with Crippen molar-refractivity contribution < 1.29 is 27.9 Å². The largest absolute Gasteiger partial charge is 0.480 e. The Balaban J connectivity index is 2.92. The Kier molecular flexibility index (Phi) is 4.28. The van der Waals surface area contributed by atoms with Crippen LogP contribution in [0.2, 0.25) is 0 Å². The third kappa shape index (κ3) is 3.19. The van der Waals surface area contributed by atoms with Gasteiger partial charge in [0, 0.05) is 0 Å². The molecule has 0 spiro atoms. The number of carboxylic acid groups (broad SMARTS) is 1. The van der Waals surface area contributed by atoms with Gasteiger partial charge >= 0.3 is 12.1 Å². The zero-order valence-corrected chi connectivity index (χ0v) is 9.93. The predicted molar refractivity (Wildman–Crippen MR) is 56.3 cm³/mol. The first kappa shape index (κ1) is 14.4. The number of carbonyl (C=O) groups excluding carboxylic acids is 1. The van der Waals surface area contributed by atoms with Gasteiger partial charge in [-0.2, -0.15) is 13.2 Å². The summed E-state index contributed by atoms with van der Waals surface area (Å²) in [6, 6.07) is -1.24. The van der Waals surface area contributed by atoms with Gasteiger partial charge in [-0.15, -0.1) is 11.3 Å². The molecular weight excluding hydrogens is 273 g/mol. The minimum atomic E-state index is -4.68. The van der Waals surface area contributed by atoms with Gasteiger partial charge in [0.1, 0.15) is 10.9 Å². The van der Waals surface area contributed by atoms with Crippen molar-refractivity contribution in [2.45, 2.75) is 25.6 Å². The summed E-state index contributed by atoms with van der Waals surface area (Å²) in [5.74, 6) is -2.45. The van der Waals surface area contributed by atoms with E-state index < -0.39 is 34.7 Å². The third-order valence-corrected chi connectivity index (χ3v) is 2.92. The van der Waals surface area contributed by atoms with Crippen molar-refractivity contribution >= 4 is 23.2 Å². The molecule has 1 heterocycles. The summed E-state index contributed by atoms with van der Waals surface area (Å²) in [6.07, 6.45) is -4.62. The molecule has 1 aromatic heterocycles.